The van der Waals surface area contributed by atoms with Crippen LogP contribution < -0.4 is 5.43 Å². The molecule has 4 rings (SSSR count). The van der Waals surface area contributed by atoms with E-state index in [1.54, 1.807) is 18.3 Å². The number of aromatic amines is 1. The maximum Gasteiger partial charge on any atom is 0.222 e. The molecule has 1 heterocycles. The van der Waals surface area contributed by atoms with Crippen molar-refractivity contribution in [3.05, 3.63) is 93.5 Å². The van der Waals surface area contributed by atoms with Crippen LogP contribution in [0.25, 0.3) is 11.0 Å². The highest BCUT2D eigenvalue weighted by Crippen LogP contribution is 2.22. The average molecular weight is 405 g/mol. The Bertz CT molecular complexity index is 1180. The number of para-hydroxylation sites is 2. The van der Waals surface area contributed by atoms with Crippen LogP contribution in [0.4, 0.5) is 5.95 Å². The minimum Gasteiger partial charge on any atom is -0.323 e. The Morgan fingerprint density at radius 3 is 2.43 bits per heavy atom. The molecule has 0 unspecified atom stereocenters. The fourth-order valence-electron chi connectivity index (χ4n) is 2.54. The number of hydrazone groups is 1. The summed E-state index contributed by atoms with van der Waals surface area (Å²) in [6.45, 7) is 0. The second-order valence-corrected chi connectivity index (χ2v) is 6.79. The molecule has 6 heteroatoms. The number of fused-ring (bicyclic) bond motifs is 1. The Morgan fingerprint density at radius 2 is 1.64 bits per heavy atom. The van der Waals surface area contributed by atoms with Gasteiger partial charge in [-0.25, -0.2) is 10.4 Å². The van der Waals surface area contributed by atoms with Crippen LogP contribution in [0.15, 0.2) is 71.8 Å². The molecule has 1 aromatic heterocycles. The van der Waals surface area contributed by atoms with Gasteiger partial charge in [0.25, 0.3) is 0 Å². The molecule has 2 N–H and O–H groups in total. The second-order valence-electron chi connectivity index (χ2n) is 5.97. The fraction of sp³-hybridized carbons (Fsp3) is 0. The van der Waals surface area contributed by atoms with E-state index in [9.17, 15) is 0 Å². The third-order valence-corrected chi connectivity index (χ3v) is 4.69. The van der Waals surface area contributed by atoms with E-state index in [1.165, 1.54) is 0 Å². The van der Waals surface area contributed by atoms with Crippen molar-refractivity contribution in [1.29, 1.82) is 0 Å². The van der Waals surface area contributed by atoms with Crippen LogP contribution in [-0.4, -0.2) is 16.2 Å². The van der Waals surface area contributed by atoms with Gasteiger partial charge in [0.15, 0.2) is 0 Å². The highest BCUT2D eigenvalue weighted by atomic mass is 35.5. The van der Waals surface area contributed by atoms with Crippen molar-refractivity contribution in [2.75, 3.05) is 5.43 Å². The van der Waals surface area contributed by atoms with Crippen LogP contribution in [0, 0.1) is 11.8 Å². The first kappa shape index (κ1) is 18.1. The molecule has 0 bridgehead atoms. The number of hydrogen-bond acceptors (Lipinski definition) is 3. The van der Waals surface area contributed by atoms with E-state index >= 15 is 0 Å². The molecule has 0 aliphatic rings. The van der Waals surface area contributed by atoms with E-state index in [4.69, 9.17) is 23.2 Å². The molecule has 0 saturated carbocycles. The van der Waals surface area contributed by atoms with Gasteiger partial charge in [-0.15, -0.1) is 0 Å². The maximum atomic E-state index is 6.01. The summed E-state index contributed by atoms with van der Waals surface area (Å²) in [5, 5.41) is 5.23. The van der Waals surface area contributed by atoms with Gasteiger partial charge in [-0.2, -0.15) is 5.10 Å². The zero-order valence-electron chi connectivity index (χ0n) is 14.6. The lowest BCUT2D eigenvalue weighted by molar-refractivity contribution is 1.21. The molecule has 0 radical (unpaired) electrons. The Morgan fingerprint density at radius 1 is 0.893 bits per heavy atom. The van der Waals surface area contributed by atoms with Gasteiger partial charge < -0.3 is 4.98 Å². The largest absolute Gasteiger partial charge is 0.323 e. The topological polar surface area (TPSA) is 53.1 Å². The van der Waals surface area contributed by atoms with E-state index in [0.29, 0.717) is 16.0 Å². The first-order valence-corrected chi connectivity index (χ1v) is 9.24. The van der Waals surface area contributed by atoms with Gasteiger partial charge in [-0.3, -0.25) is 0 Å². The number of aromatic nitrogens is 2. The number of benzene rings is 3. The molecule has 0 saturated heterocycles. The number of rotatable bonds is 3. The number of hydrogen-bond donors (Lipinski definition) is 2. The summed E-state index contributed by atoms with van der Waals surface area (Å²) in [5.41, 5.74) is 7.42. The summed E-state index contributed by atoms with van der Waals surface area (Å²) in [5.74, 6) is 6.78. The molecule has 0 spiro atoms. The van der Waals surface area contributed by atoms with Crippen molar-refractivity contribution in [3.8, 4) is 11.8 Å². The van der Waals surface area contributed by atoms with Crippen LogP contribution in [-0.2, 0) is 0 Å². The van der Waals surface area contributed by atoms with Gasteiger partial charge >= 0.3 is 0 Å². The maximum absolute atomic E-state index is 6.01. The van der Waals surface area contributed by atoms with E-state index in [0.717, 1.165) is 27.7 Å². The minimum absolute atomic E-state index is 0.497. The summed E-state index contributed by atoms with van der Waals surface area (Å²) in [6.07, 6.45) is 1.73. The smallest absolute Gasteiger partial charge is 0.222 e. The summed E-state index contributed by atoms with van der Waals surface area (Å²) in [4.78, 5) is 7.57. The molecular formula is C22H14Cl2N4. The molecule has 0 aliphatic carbocycles. The highest BCUT2D eigenvalue weighted by molar-refractivity contribution is 6.42. The predicted molar refractivity (Wildman–Crippen MR) is 116 cm³/mol. The van der Waals surface area contributed by atoms with Crippen LogP contribution in [0.2, 0.25) is 10.0 Å². The SMILES string of the molecule is Clc1ccc(C#Cc2ccc(/C=N/Nc3nc4ccccc4[nH]3)cc2)cc1Cl. The third kappa shape index (κ3) is 4.34. The minimum atomic E-state index is 0.497. The van der Waals surface area contributed by atoms with E-state index in [-0.39, 0.29) is 0 Å². The van der Waals surface area contributed by atoms with E-state index < -0.39 is 0 Å². The highest BCUT2D eigenvalue weighted by Gasteiger charge is 1.99. The normalized spacial score (nSPS) is 10.8. The average Bonchev–Trinajstić information content (AvgIpc) is 3.13. The van der Waals surface area contributed by atoms with Crippen molar-refractivity contribution < 1.29 is 0 Å². The zero-order chi connectivity index (χ0) is 19.3. The standard InChI is InChI=1S/C22H14Cl2N4/c23-18-12-11-16(13-19(18)24)8-5-15-6-9-17(10-7-15)14-25-28-22-26-20-3-1-2-4-21(20)27-22/h1-4,6-7,9-14H,(H2,26,27,28)/b25-14+. The molecule has 4 nitrogen and oxygen atoms in total. The van der Waals surface area contributed by atoms with Gasteiger partial charge in [-0.1, -0.05) is 59.3 Å². The van der Waals surface area contributed by atoms with E-state index in [1.807, 2.05) is 54.6 Å². The molecule has 0 atom stereocenters. The van der Waals surface area contributed by atoms with Crippen molar-refractivity contribution in [3.63, 3.8) is 0 Å². The second kappa shape index (κ2) is 8.18. The Labute approximate surface area is 172 Å². The lowest BCUT2D eigenvalue weighted by atomic mass is 10.1. The summed E-state index contributed by atoms with van der Waals surface area (Å²) >= 11 is 11.9. The van der Waals surface area contributed by atoms with Gasteiger partial charge in [0.1, 0.15) is 0 Å². The fourth-order valence-corrected chi connectivity index (χ4v) is 2.84. The number of nitrogens with zero attached hydrogens (tertiary/aromatic N) is 2. The Balaban J connectivity index is 1.41. The monoisotopic (exact) mass is 404 g/mol. The Kier molecular flexibility index (Phi) is 5.29. The molecular weight excluding hydrogens is 391 g/mol. The van der Waals surface area contributed by atoms with Crippen LogP contribution in [0.5, 0.6) is 0 Å². The molecule has 0 aliphatic heterocycles. The first-order chi connectivity index (χ1) is 13.7. The van der Waals surface area contributed by atoms with Crippen LogP contribution in [0.3, 0.4) is 0 Å². The molecule has 136 valence electrons. The molecule has 28 heavy (non-hydrogen) atoms. The van der Waals surface area contributed by atoms with Gasteiger partial charge in [-0.05, 0) is 48.0 Å². The number of anilines is 1. The molecule has 4 aromatic rings. The first-order valence-electron chi connectivity index (χ1n) is 8.48. The quantitative estimate of drug-likeness (QED) is 0.260. The lowest BCUT2D eigenvalue weighted by Gasteiger charge is -1.96. The van der Waals surface area contributed by atoms with Crippen molar-refractivity contribution in [2.45, 2.75) is 0 Å². The van der Waals surface area contributed by atoms with Crippen molar-refractivity contribution >= 4 is 46.4 Å². The van der Waals surface area contributed by atoms with E-state index in [2.05, 4.69) is 32.3 Å². The summed E-state index contributed by atoms with van der Waals surface area (Å²) < 4.78 is 0. The predicted octanol–water partition coefficient (Wildman–Crippen LogP) is 5.72. The van der Waals surface area contributed by atoms with Gasteiger partial charge in [0.2, 0.25) is 5.95 Å². The van der Waals surface area contributed by atoms with Crippen LogP contribution in [0.1, 0.15) is 16.7 Å². The molecule has 0 fully saturated rings. The number of imidazole rings is 1. The number of H-pyrrole nitrogens is 1. The lowest BCUT2D eigenvalue weighted by Crippen LogP contribution is -1.92. The third-order valence-electron chi connectivity index (χ3n) is 3.95. The van der Waals surface area contributed by atoms with Crippen LogP contribution >= 0.6 is 23.2 Å². The summed E-state index contributed by atoms with van der Waals surface area (Å²) in [6, 6.07) is 20.9. The zero-order valence-corrected chi connectivity index (χ0v) is 16.1. The molecule has 3 aromatic carbocycles. The molecule has 0 amide bonds. The van der Waals surface area contributed by atoms with Crippen molar-refractivity contribution in [2.24, 2.45) is 5.10 Å². The van der Waals surface area contributed by atoms with Crippen molar-refractivity contribution in [1.82, 2.24) is 9.97 Å². The van der Waals surface area contributed by atoms with Gasteiger partial charge in [0, 0.05) is 11.1 Å². The number of halogens is 2. The van der Waals surface area contributed by atoms with Gasteiger partial charge in [0.05, 0.1) is 27.3 Å². The number of nitrogens with one attached hydrogen (secondary N) is 2. The summed E-state index contributed by atoms with van der Waals surface area (Å²) in [7, 11) is 0. The Hall–Kier alpha value is -3.26.